The third-order valence-electron chi connectivity index (χ3n) is 2.41. The molecule has 2 aromatic rings. The molecule has 0 heterocycles. The van der Waals surface area contributed by atoms with Crippen LogP contribution in [0, 0.1) is 6.07 Å². The van der Waals surface area contributed by atoms with Crippen LogP contribution in [0.2, 0.25) is 0 Å². The maximum absolute atomic E-state index is 3.03. The zero-order valence-electron chi connectivity index (χ0n) is 9.03. The number of rotatable bonds is 2. The van der Waals surface area contributed by atoms with Crippen LogP contribution in [0.3, 0.4) is 0 Å². The fourth-order valence-electron chi connectivity index (χ4n) is 1.51. The van der Waals surface area contributed by atoms with E-state index in [1.54, 1.807) is 0 Å². The Bertz CT molecular complexity index is 389. The largest absolute Gasteiger partial charge is 0.184 e. The normalized spacial score (nSPS) is 9.40. The predicted octanol–water partition coefficient (Wildman–Crippen LogP) is 3.71. The van der Waals surface area contributed by atoms with E-state index in [1.807, 2.05) is 12.1 Å². The molecule has 0 nitrogen and oxygen atoms in total. The first-order chi connectivity index (χ1) is 6.90. The Morgan fingerprint density at radius 3 is 1.93 bits per heavy atom. The summed E-state index contributed by atoms with van der Waals surface area (Å²) < 4.78 is 0. The molecule has 0 saturated heterocycles. The van der Waals surface area contributed by atoms with Crippen molar-refractivity contribution in [2.45, 2.75) is 13.3 Å². The first kappa shape index (κ1) is 12.4. The maximum atomic E-state index is 3.03. The molecule has 2 aromatic carbocycles. The van der Waals surface area contributed by atoms with Crippen molar-refractivity contribution in [3.05, 3.63) is 60.2 Å². The third-order valence-corrected chi connectivity index (χ3v) is 2.41. The molecule has 0 unspecified atom stereocenters. The summed E-state index contributed by atoms with van der Waals surface area (Å²) in [5.74, 6) is 0. The molecule has 0 aliphatic heterocycles. The zero-order chi connectivity index (χ0) is 9.80. The van der Waals surface area contributed by atoms with Gasteiger partial charge in [-0.15, -0.1) is 5.56 Å². The van der Waals surface area contributed by atoms with Gasteiger partial charge in [-0.05, 0) is 17.5 Å². The van der Waals surface area contributed by atoms with Crippen LogP contribution in [-0.4, -0.2) is 0 Å². The molecule has 0 radical (unpaired) electrons. The van der Waals surface area contributed by atoms with Gasteiger partial charge in [0.25, 0.3) is 0 Å². The van der Waals surface area contributed by atoms with E-state index in [0.717, 1.165) is 6.42 Å². The molecule has 0 spiro atoms. The third kappa shape index (κ3) is 3.16. The van der Waals surface area contributed by atoms with Crippen molar-refractivity contribution in [3.8, 4) is 11.1 Å². The second-order valence-corrected chi connectivity index (χ2v) is 3.34. The van der Waals surface area contributed by atoms with Crippen molar-refractivity contribution in [1.82, 2.24) is 0 Å². The molecule has 2 rings (SSSR count). The molecule has 0 aromatic heterocycles. The van der Waals surface area contributed by atoms with Crippen LogP contribution in [0.4, 0.5) is 0 Å². The minimum Gasteiger partial charge on any atom is -0.184 e. The van der Waals surface area contributed by atoms with Crippen molar-refractivity contribution in [1.29, 1.82) is 0 Å². The molecule has 1 heteroatoms. The zero-order valence-corrected chi connectivity index (χ0v) is 13.1. The number of hydrogen-bond donors (Lipinski definition) is 0. The first-order valence-corrected chi connectivity index (χ1v) is 4.95. The molecule has 0 aliphatic rings. The van der Waals surface area contributed by atoms with Gasteiger partial charge >= 0.3 is 0 Å². The first-order valence-electron chi connectivity index (χ1n) is 4.95. The maximum Gasteiger partial charge on any atom is 0 e. The fourth-order valence-corrected chi connectivity index (χ4v) is 1.51. The molecule has 0 N–H and O–H groups in total. The topological polar surface area (TPSA) is 0 Å². The van der Waals surface area contributed by atoms with Crippen LogP contribution in [-0.2, 0) is 33.7 Å². The van der Waals surface area contributed by atoms with Crippen LogP contribution in [0.25, 0.3) is 11.1 Å². The van der Waals surface area contributed by atoms with Gasteiger partial charge in [-0.3, -0.25) is 0 Å². The molecule has 0 amide bonds. The smallest absolute Gasteiger partial charge is 0 e. The van der Waals surface area contributed by atoms with Gasteiger partial charge in [-0.25, -0.2) is 0 Å². The van der Waals surface area contributed by atoms with E-state index in [2.05, 4.69) is 49.4 Å². The van der Waals surface area contributed by atoms with Crippen LogP contribution >= 0.6 is 0 Å². The summed E-state index contributed by atoms with van der Waals surface area (Å²) in [6.07, 6.45) is 1.10. The van der Waals surface area contributed by atoms with E-state index in [1.165, 1.54) is 16.7 Å². The Morgan fingerprint density at radius 2 is 1.40 bits per heavy atom. The number of hydrogen-bond acceptors (Lipinski definition) is 0. The van der Waals surface area contributed by atoms with Gasteiger partial charge in [0.15, 0.2) is 0 Å². The van der Waals surface area contributed by atoms with Gasteiger partial charge in [0, 0.05) is 27.3 Å². The summed E-state index contributed by atoms with van der Waals surface area (Å²) in [5.41, 5.74) is 3.92. The van der Waals surface area contributed by atoms with Crippen molar-refractivity contribution >= 4 is 0 Å². The molecule has 72 valence electrons. The average Bonchev–Trinajstić information content (AvgIpc) is 2.30. The van der Waals surface area contributed by atoms with Crippen molar-refractivity contribution in [3.63, 3.8) is 0 Å². The van der Waals surface area contributed by atoms with E-state index in [0.29, 0.717) is 0 Å². The van der Waals surface area contributed by atoms with E-state index >= 15 is 0 Å². The van der Waals surface area contributed by atoms with Crippen LogP contribution in [0.15, 0.2) is 48.5 Å². The second-order valence-electron chi connectivity index (χ2n) is 3.34. The van der Waals surface area contributed by atoms with Gasteiger partial charge in [-0.1, -0.05) is 31.2 Å². The molecule has 0 atom stereocenters. The summed E-state index contributed by atoms with van der Waals surface area (Å²) in [5, 5.41) is 0. The second kappa shape index (κ2) is 6.06. The SMILES string of the molecule is CCc1ccc(-c2cc[c-]cc2)cc1.[Cd]. The Kier molecular flexibility index (Phi) is 5.02. The number of aryl methyl sites for hydroxylation is 1. The fraction of sp³-hybridized carbons (Fsp3) is 0.143. The van der Waals surface area contributed by atoms with E-state index in [9.17, 15) is 0 Å². The molecule has 0 fully saturated rings. The van der Waals surface area contributed by atoms with Gasteiger partial charge < -0.3 is 0 Å². The Balaban J connectivity index is 0.00000112. The van der Waals surface area contributed by atoms with Gasteiger partial charge in [0.2, 0.25) is 0 Å². The van der Waals surface area contributed by atoms with Gasteiger partial charge in [-0.2, -0.15) is 30.3 Å². The predicted molar refractivity (Wildman–Crippen MR) is 60.1 cm³/mol. The molecule has 0 aliphatic carbocycles. The summed E-state index contributed by atoms with van der Waals surface area (Å²) >= 11 is 0. The molecule has 15 heavy (non-hydrogen) atoms. The van der Waals surface area contributed by atoms with Crippen LogP contribution in [0.1, 0.15) is 12.5 Å². The molecular formula is C14H13Cd-. The van der Waals surface area contributed by atoms with Crippen LogP contribution < -0.4 is 0 Å². The standard InChI is InChI=1S/C14H13.Cd/c1-2-12-8-10-14(11-9-12)13-6-4-3-5-7-13;/h4-11H,2H2,1H3;/q-1;. The minimum atomic E-state index is 0. The van der Waals surface area contributed by atoms with Crippen LogP contribution in [0.5, 0.6) is 0 Å². The minimum absolute atomic E-state index is 0. The molecule has 0 bridgehead atoms. The average molecular weight is 294 g/mol. The Hall–Kier alpha value is -0.638. The monoisotopic (exact) mass is 295 g/mol. The van der Waals surface area contributed by atoms with Gasteiger partial charge in [0.05, 0.1) is 0 Å². The molecular weight excluding hydrogens is 281 g/mol. The molecule has 0 saturated carbocycles. The summed E-state index contributed by atoms with van der Waals surface area (Å²) in [4.78, 5) is 0. The van der Waals surface area contributed by atoms with Crippen molar-refractivity contribution < 1.29 is 27.3 Å². The van der Waals surface area contributed by atoms with E-state index < -0.39 is 0 Å². The van der Waals surface area contributed by atoms with Crippen molar-refractivity contribution in [2.75, 3.05) is 0 Å². The summed E-state index contributed by atoms with van der Waals surface area (Å²) in [6.45, 7) is 2.17. The Labute approximate surface area is 112 Å². The van der Waals surface area contributed by atoms with Gasteiger partial charge in [0.1, 0.15) is 0 Å². The summed E-state index contributed by atoms with van der Waals surface area (Å²) in [7, 11) is 0. The van der Waals surface area contributed by atoms with E-state index in [-0.39, 0.29) is 27.3 Å². The Morgan fingerprint density at radius 1 is 0.867 bits per heavy atom. The number of benzene rings is 2. The van der Waals surface area contributed by atoms with Crippen molar-refractivity contribution in [2.24, 2.45) is 0 Å². The van der Waals surface area contributed by atoms with E-state index in [4.69, 9.17) is 0 Å². The summed E-state index contributed by atoms with van der Waals surface area (Å²) in [6, 6.07) is 19.8. The quantitative estimate of drug-likeness (QED) is 0.585.